The molecule has 1 aliphatic heterocycles. The molecule has 1 fully saturated rings. The fraction of sp³-hybridized carbons (Fsp3) is 0.278. The third-order valence-corrected chi connectivity index (χ3v) is 4.04. The first-order valence-electron chi connectivity index (χ1n) is 7.36. The molecule has 0 radical (unpaired) electrons. The summed E-state index contributed by atoms with van der Waals surface area (Å²) in [6.07, 6.45) is 0.663. The summed E-state index contributed by atoms with van der Waals surface area (Å²) >= 11 is 0. The number of amides is 1. The molecule has 0 unspecified atom stereocenters. The highest BCUT2D eigenvalue weighted by molar-refractivity contribution is 5.99. The van der Waals surface area contributed by atoms with E-state index in [0.717, 1.165) is 23.5 Å². The van der Waals surface area contributed by atoms with Crippen LogP contribution < -0.4 is 10.6 Å². The Kier molecular flexibility index (Phi) is 3.42. The minimum atomic E-state index is 0.213. The highest BCUT2D eigenvalue weighted by Crippen LogP contribution is 2.34. The number of nitrogens with zero attached hydrogens (tertiary/aromatic N) is 1. The Balaban J connectivity index is 2.04. The van der Waals surface area contributed by atoms with Gasteiger partial charge in [-0.1, -0.05) is 32.0 Å². The molecular formula is C18H20N2O. The second-order valence-corrected chi connectivity index (χ2v) is 5.84. The molecule has 0 bridgehead atoms. The van der Waals surface area contributed by atoms with Crippen molar-refractivity contribution in [1.29, 1.82) is 0 Å². The molecule has 21 heavy (non-hydrogen) atoms. The van der Waals surface area contributed by atoms with Gasteiger partial charge in [0.25, 0.3) is 0 Å². The quantitative estimate of drug-likeness (QED) is 0.686. The lowest BCUT2D eigenvalue weighted by atomic mass is 9.91. The third kappa shape index (κ3) is 2.51. The van der Waals surface area contributed by atoms with Crippen molar-refractivity contribution in [2.24, 2.45) is 0 Å². The van der Waals surface area contributed by atoms with E-state index in [9.17, 15) is 4.79 Å². The van der Waals surface area contributed by atoms with Crippen LogP contribution in [0.25, 0.3) is 11.1 Å². The molecule has 0 spiro atoms. The SMILES string of the molecule is CC(C)c1cc(N2CCC2=O)ccc1-c1ccc(N)cc1. The number of nitrogen functional groups attached to an aromatic ring is 1. The Bertz CT molecular complexity index is 674. The fourth-order valence-electron chi connectivity index (χ4n) is 2.71. The predicted octanol–water partition coefficient (Wildman–Crippen LogP) is 3.80. The van der Waals surface area contributed by atoms with Gasteiger partial charge in [-0.2, -0.15) is 0 Å². The molecular weight excluding hydrogens is 260 g/mol. The zero-order valence-electron chi connectivity index (χ0n) is 12.5. The Morgan fingerprint density at radius 2 is 1.81 bits per heavy atom. The molecule has 0 atom stereocenters. The van der Waals surface area contributed by atoms with Gasteiger partial charge in [-0.3, -0.25) is 4.79 Å². The molecule has 0 aliphatic carbocycles. The summed E-state index contributed by atoms with van der Waals surface area (Å²) in [5.74, 6) is 0.610. The summed E-state index contributed by atoms with van der Waals surface area (Å²) in [4.78, 5) is 13.5. The molecule has 0 saturated carbocycles. The second-order valence-electron chi connectivity index (χ2n) is 5.84. The average Bonchev–Trinajstić information content (AvgIpc) is 2.46. The van der Waals surface area contributed by atoms with Crippen molar-refractivity contribution in [3.05, 3.63) is 48.0 Å². The first-order valence-corrected chi connectivity index (χ1v) is 7.36. The van der Waals surface area contributed by atoms with Crippen molar-refractivity contribution in [3.63, 3.8) is 0 Å². The molecule has 108 valence electrons. The standard InChI is InChI=1S/C18H20N2O/c1-12(2)17-11-15(20-10-9-18(20)21)7-8-16(17)13-3-5-14(19)6-4-13/h3-8,11-12H,9-10,19H2,1-2H3. The number of carbonyl (C=O) groups excluding carboxylic acids is 1. The number of rotatable bonds is 3. The number of carbonyl (C=O) groups is 1. The molecule has 1 amide bonds. The summed E-state index contributed by atoms with van der Waals surface area (Å²) in [5, 5.41) is 0. The van der Waals surface area contributed by atoms with Crippen LogP contribution in [0.4, 0.5) is 11.4 Å². The summed E-state index contributed by atoms with van der Waals surface area (Å²) in [5.41, 5.74) is 11.2. The van der Waals surface area contributed by atoms with Crippen LogP contribution in [0.5, 0.6) is 0 Å². The Hall–Kier alpha value is -2.29. The average molecular weight is 280 g/mol. The number of benzene rings is 2. The minimum absolute atomic E-state index is 0.213. The van der Waals surface area contributed by atoms with Gasteiger partial charge in [0.2, 0.25) is 5.91 Å². The van der Waals surface area contributed by atoms with E-state index in [1.54, 1.807) is 0 Å². The van der Waals surface area contributed by atoms with Crippen LogP contribution in [-0.2, 0) is 4.79 Å². The zero-order valence-corrected chi connectivity index (χ0v) is 12.5. The van der Waals surface area contributed by atoms with Crippen molar-refractivity contribution in [3.8, 4) is 11.1 Å². The smallest absolute Gasteiger partial charge is 0.228 e. The first kappa shape index (κ1) is 13.7. The molecule has 3 rings (SSSR count). The van der Waals surface area contributed by atoms with Gasteiger partial charge >= 0.3 is 0 Å². The highest BCUT2D eigenvalue weighted by atomic mass is 16.2. The second kappa shape index (κ2) is 5.24. The molecule has 1 saturated heterocycles. The third-order valence-electron chi connectivity index (χ3n) is 4.04. The van der Waals surface area contributed by atoms with Crippen molar-refractivity contribution in [1.82, 2.24) is 0 Å². The molecule has 1 aliphatic rings. The fourth-order valence-corrected chi connectivity index (χ4v) is 2.71. The van der Waals surface area contributed by atoms with E-state index < -0.39 is 0 Å². The number of β-lactam (4-membered cyclic amide) rings is 1. The van der Waals surface area contributed by atoms with Gasteiger partial charge in [0.1, 0.15) is 0 Å². The molecule has 1 heterocycles. The topological polar surface area (TPSA) is 46.3 Å². The Morgan fingerprint density at radius 1 is 1.10 bits per heavy atom. The van der Waals surface area contributed by atoms with E-state index in [4.69, 9.17) is 5.73 Å². The Labute approximate surface area is 125 Å². The van der Waals surface area contributed by atoms with Gasteiger partial charge in [-0.15, -0.1) is 0 Å². The lowest BCUT2D eigenvalue weighted by molar-refractivity contribution is -0.122. The number of hydrogen-bond acceptors (Lipinski definition) is 2. The molecule has 2 N–H and O–H groups in total. The molecule has 3 nitrogen and oxygen atoms in total. The lowest BCUT2D eigenvalue weighted by Gasteiger charge is -2.31. The van der Waals surface area contributed by atoms with Gasteiger partial charge in [0.15, 0.2) is 0 Å². The van der Waals surface area contributed by atoms with E-state index >= 15 is 0 Å². The van der Waals surface area contributed by atoms with Gasteiger partial charge in [0, 0.05) is 24.3 Å². The largest absolute Gasteiger partial charge is 0.399 e. The van der Waals surface area contributed by atoms with Crippen LogP contribution in [0.1, 0.15) is 31.7 Å². The van der Waals surface area contributed by atoms with Crippen LogP contribution in [0.15, 0.2) is 42.5 Å². The van der Waals surface area contributed by atoms with Crippen molar-refractivity contribution in [2.45, 2.75) is 26.2 Å². The number of anilines is 2. The summed E-state index contributed by atoms with van der Waals surface area (Å²) in [6, 6.07) is 14.2. The van der Waals surface area contributed by atoms with E-state index in [-0.39, 0.29) is 5.91 Å². The van der Waals surface area contributed by atoms with Crippen LogP contribution >= 0.6 is 0 Å². The zero-order chi connectivity index (χ0) is 15.0. The number of nitrogens with two attached hydrogens (primary N) is 1. The van der Waals surface area contributed by atoms with E-state index in [1.165, 1.54) is 11.1 Å². The normalized spacial score (nSPS) is 14.4. The van der Waals surface area contributed by atoms with Crippen molar-refractivity contribution < 1.29 is 4.79 Å². The molecule has 2 aromatic carbocycles. The monoisotopic (exact) mass is 280 g/mol. The molecule has 0 aromatic heterocycles. The van der Waals surface area contributed by atoms with E-state index in [2.05, 4.69) is 26.0 Å². The first-order chi connectivity index (χ1) is 10.1. The maximum Gasteiger partial charge on any atom is 0.228 e. The lowest BCUT2D eigenvalue weighted by Crippen LogP contribution is -2.43. The predicted molar refractivity (Wildman–Crippen MR) is 87.3 cm³/mol. The van der Waals surface area contributed by atoms with Gasteiger partial charge in [-0.05, 0) is 46.9 Å². The Morgan fingerprint density at radius 3 is 2.33 bits per heavy atom. The summed E-state index contributed by atoms with van der Waals surface area (Å²) in [6.45, 7) is 5.19. The van der Waals surface area contributed by atoms with Gasteiger partial charge < -0.3 is 10.6 Å². The van der Waals surface area contributed by atoms with Crippen LogP contribution in [0, 0.1) is 0 Å². The summed E-state index contributed by atoms with van der Waals surface area (Å²) < 4.78 is 0. The highest BCUT2D eigenvalue weighted by Gasteiger charge is 2.25. The van der Waals surface area contributed by atoms with Crippen molar-refractivity contribution >= 4 is 17.3 Å². The minimum Gasteiger partial charge on any atom is -0.399 e. The van der Waals surface area contributed by atoms with Crippen LogP contribution in [-0.4, -0.2) is 12.5 Å². The van der Waals surface area contributed by atoms with Gasteiger partial charge in [0.05, 0.1) is 0 Å². The maximum atomic E-state index is 11.6. The molecule has 3 heteroatoms. The van der Waals surface area contributed by atoms with Crippen molar-refractivity contribution in [2.75, 3.05) is 17.2 Å². The molecule has 2 aromatic rings. The van der Waals surface area contributed by atoms with Crippen LogP contribution in [0.2, 0.25) is 0 Å². The van der Waals surface area contributed by atoms with E-state index in [1.807, 2.05) is 35.2 Å². The van der Waals surface area contributed by atoms with Crippen LogP contribution in [0.3, 0.4) is 0 Å². The van der Waals surface area contributed by atoms with Gasteiger partial charge in [-0.25, -0.2) is 0 Å². The summed E-state index contributed by atoms with van der Waals surface area (Å²) in [7, 11) is 0. The van der Waals surface area contributed by atoms with E-state index in [0.29, 0.717) is 12.3 Å². The number of hydrogen-bond donors (Lipinski definition) is 1. The maximum absolute atomic E-state index is 11.6.